The molecular weight excluding hydrogens is 328 g/mol. The van der Waals surface area contributed by atoms with Crippen molar-refractivity contribution in [3.05, 3.63) is 51.5 Å². The molecule has 0 saturated heterocycles. The fourth-order valence-electron chi connectivity index (χ4n) is 3.05. The van der Waals surface area contributed by atoms with Gasteiger partial charge in [0.05, 0.1) is 12.1 Å². The van der Waals surface area contributed by atoms with Gasteiger partial charge < -0.3 is 10.6 Å². The van der Waals surface area contributed by atoms with Gasteiger partial charge in [-0.15, -0.1) is 11.3 Å². The van der Waals surface area contributed by atoms with Crippen LogP contribution in [0.1, 0.15) is 16.0 Å². The Morgan fingerprint density at radius 3 is 3.00 bits per heavy atom. The summed E-state index contributed by atoms with van der Waals surface area (Å²) in [7, 11) is 0. The van der Waals surface area contributed by atoms with Gasteiger partial charge in [-0.05, 0) is 23.4 Å². The minimum atomic E-state index is 0.521. The molecule has 4 nitrogen and oxygen atoms in total. The van der Waals surface area contributed by atoms with Gasteiger partial charge in [0.25, 0.3) is 0 Å². The van der Waals surface area contributed by atoms with E-state index in [1.807, 2.05) is 24.3 Å². The molecule has 1 aromatic carbocycles. The number of thiophene rings is 1. The van der Waals surface area contributed by atoms with Crippen LogP contribution in [-0.2, 0) is 13.0 Å². The number of hydrogen-bond acceptors (Lipinski definition) is 5. The number of fused-ring (bicyclic) bond motifs is 2. The van der Waals surface area contributed by atoms with E-state index >= 15 is 0 Å². The summed E-state index contributed by atoms with van der Waals surface area (Å²) in [4.78, 5) is 7.89. The highest BCUT2D eigenvalue weighted by atomic mass is 35.5. The van der Waals surface area contributed by atoms with Crippen molar-refractivity contribution in [3.63, 3.8) is 0 Å². The third kappa shape index (κ3) is 2.31. The van der Waals surface area contributed by atoms with Crippen LogP contribution >= 0.6 is 22.9 Å². The highest BCUT2D eigenvalue weighted by molar-refractivity contribution is 7.16. The number of nitriles is 1. The van der Waals surface area contributed by atoms with Gasteiger partial charge in [-0.25, -0.2) is 4.98 Å². The van der Waals surface area contributed by atoms with Gasteiger partial charge in [0, 0.05) is 16.8 Å². The Balaban J connectivity index is 1.74. The zero-order chi connectivity index (χ0) is 16.0. The lowest BCUT2D eigenvalue weighted by Crippen LogP contribution is -2.30. The van der Waals surface area contributed by atoms with Crippen LogP contribution in [0.25, 0.3) is 10.8 Å². The number of pyridine rings is 1. The van der Waals surface area contributed by atoms with Gasteiger partial charge in [0.1, 0.15) is 22.0 Å². The zero-order valence-electron chi connectivity index (χ0n) is 12.2. The first-order valence-electron chi connectivity index (χ1n) is 7.27. The zero-order valence-corrected chi connectivity index (χ0v) is 13.8. The lowest BCUT2D eigenvalue weighted by molar-refractivity contribution is 0.733. The minimum absolute atomic E-state index is 0.521. The molecule has 0 spiro atoms. The van der Waals surface area contributed by atoms with Crippen molar-refractivity contribution in [2.75, 3.05) is 17.2 Å². The molecule has 0 unspecified atom stereocenters. The molecule has 0 bridgehead atoms. The number of aromatic nitrogens is 1. The summed E-state index contributed by atoms with van der Waals surface area (Å²) in [5.41, 5.74) is 7.70. The molecule has 6 heteroatoms. The van der Waals surface area contributed by atoms with Crippen molar-refractivity contribution in [2.45, 2.75) is 13.0 Å². The maximum atomic E-state index is 9.23. The van der Waals surface area contributed by atoms with Crippen molar-refractivity contribution >= 4 is 44.5 Å². The number of nitrogens with two attached hydrogens (primary N) is 1. The van der Waals surface area contributed by atoms with Gasteiger partial charge in [0.15, 0.2) is 0 Å². The Kier molecular flexibility index (Phi) is 3.37. The van der Waals surface area contributed by atoms with E-state index in [-0.39, 0.29) is 0 Å². The molecule has 3 aromatic rings. The van der Waals surface area contributed by atoms with E-state index in [1.165, 1.54) is 11.3 Å². The van der Waals surface area contributed by atoms with Crippen molar-refractivity contribution in [2.24, 2.45) is 0 Å². The molecule has 4 rings (SSSR count). The molecule has 0 fully saturated rings. The second-order valence-corrected chi connectivity index (χ2v) is 7.01. The minimum Gasteiger partial charge on any atom is -0.389 e. The topological polar surface area (TPSA) is 65.9 Å². The van der Waals surface area contributed by atoms with Crippen LogP contribution in [0, 0.1) is 11.3 Å². The van der Waals surface area contributed by atoms with Crippen LogP contribution in [0.2, 0.25) is 5.15 Å². The third-order valence-electron chi connectivity index (χ3n) is 4.20. The number of nitrogens with zero attached hydrogens (tertiary/aromatic N) is 3. The highest BCUT2D eigenvalue weighted by Crippen LogP contribution is 2.36. The molecule has 0 saturated carbocycles. The molecule has 2 aromatic heterocycles. The van der Waals surface area contributed by atoms with Crippen molar-refractivity contribution in [1.82, 2.24) is 4.98 Å². The quantitative estimate of drug-likeness (QED) is 0.681. The normalized spacial score (nSPS) is 13.8. The molecule has 3 heterocycles. The molecule has 1 aliphatic rings. The Morgan fingerprint density at radius 2 is 2.17 bits per heavy atom. The second kappa shape index (κ2) is 5.41. The van der Waals surface area contributed by atoms with Crippen molar-refractivity contribution in [3.8, 4) is 6.07 Å². The molecule has 0 radical (unpaired) electrons. The van der Waals surface area contributed by atoms with Gasteiger partial charge in [-0.2, -0.15) is 5.26 Å². The number of halogens is 1. The average molecular weight is 341 g/mol. The maximum absolute atomic E-state index is 9.23. The Labute approximate surface area is 142 Å². The van der Waals surface area contributed by atoms with E-state index in [0.29, 0.717) is 22.3 Å². The standard InChI is InChI=1S/C17H13ClN4S/c18-16-11-4-2-1-3-10(11)7-15(21-16)22-6-5-12-13(8-19)17(20)23-14(12)9-22/h1-4,7H,5-6,9,20H2. The third-order valence-corrected chi connectivity index (χ3v) is 5.53. The van der Waals surface area contributed by atoms with Crippen LogP contribution in [0.4, 0.5) is 10.8 Å². The largest absolute Gasteiger partial charge is 0.389 e. The van der Waals surface area contributed by atoms with Crippen molar-refractivity contribution in [1.29, 1.82) is 5.26 Å². The van der Waals surface area contributed by atoms with Crippen LogP contribution < -0.4 is 10.6 Å². The molecule has 0 atom stereocenters. The first-order valence-corrected chi connectivity index (χ1v) is 8.47. The number of nitrogen functional groups attached to an aromatic ring is 1. The Hall–Kier alpha value is -2.29. The lowest BCUT2D eigenvalue weighted by Gasteiger charge is -2.28. The summed E-state index contributed by atoms with van der Waals surface area (Å²) in [5.74, 6) is 0.866. The predicted octanol–water partition coefficient (Wildman–Crippen LogP) is 3.97. The summed E-state index contributed by atoms with van der Waals surface area (Å²) < 4.78 is 0. The van der Waals surface area contributed by atoms with E-state index in [2.05, 4.69) is 22.0 Å². The summed E-state index contributed by atoms with van der Waals surface area (Å²) >= 11 is 7.84. The molecule has 114 valence electrons. The number of anilines is 2. The van der Waals surface area contributed by atoms with E-state index < -0.39 is 0 Å². The van der Waals surface area contributed by atoms with E-state index in [4.69, 9.17) is 17.3 Å². The fourth-order valence-corrected chi connectivity index (χ4v) is 4.39. The van der Waals surface area contributed by atoms with E-state index in [0.717, 1.165) is 40.0 Å². The maximum Gasteiger partial charge on any atom is 0.139 e. The first kappa shape index (κ1) is 14.3. The molecule has 1 aliphatic heterocycles. The molecule has 0 amide bonds. The molecular formula is C17H13ClN4S. The first-order chi connectivity index (χ1) is 11.2. The number of rotatable bonds is 1. The monoisotopic (exact) mass is 340 g/mol. The average Bonchev–Trinajstić information content (AvgIpc) is 2.88. The lowest BCUT2D eigenvalue weighted by atomic mass is 10.0. The van der Waals surface area contributed by atoms with E-state index in [9.17, 15) is 5.26 Å². The Morgan fingerprint density at radius 1 is 1.35 bits per heavy atom. The van der Waals surface area contributed by atoms with E-state index in [1.54, 1.807) is 0 Å². The summed E-state index contributed by atoms with van der Waals surface area (Å²) in [5, 5.41) is 12.4. The van der Waals surface area contributed by atoms with Gasteiger partial charge >= 0.3 is 0 Å². The molecule has 23 heavy (non-hydrogen) atoms. The summed E-state index contributed by atoms with van der Waals surface area (Å²) in [6, 6.07) is 12.3. The smallest absolute Gasteiger partial charge is 0.139 e. The second-order valence-electron chi connectivity index (χ2n) is 5.52. The summed E-state index contributed by atoms with van der Waals surface area (Å²) in [6.07, 6.45) is 0.804. The fraction of sp³-hybridized carbons (Fsp3) is 0.176. The van der Waals surface area contributed by atoms with Gasteiger partial charge in [-0.1, -0.05) is 35.9 Å². The van der Waals surface area contributed by atoms with Gasteiger partial charge in [-0.3, -0.25) is 0 Å². The number of benzene rings is 1. The SMILES string of the molecule is N#Cc1c(N)sc2c1CCN(c1cc3ccccc3c(Cl)n1)C2. The van der Waals surface area contributed by atoms with Crippen molar-refractivity contribution < 1.29 is 0 Å². The number of hydrogen-bond donors (Lipinski definition) is 1. The molecule has 0 aliphatic carbocycles. The van der Waals surface area contributed by atoms with Crippen LogP contribution in [0.5, 0.6) is 0 Å². The predicted molar refractivity (Wildman–Crippen MR) is 95.0 cm³/mol. The van der Waals surface area contributed by atoms with Gasteiger partial charge in [0.2, 0.25) is 0 Å². The van der Waals surface area contributed by atoms with Crippen LogP contribution in [-0.4, -0.2) is 11.5 Å². The molecule has 2 N–H and O–H groups in total. The highest BCUT2D eigenvalue weighted by Gasteiger charge is 2.24. The summed E-state index contributed by atoms with van der Waals surface area (Å²) in [6.45, 7) is 1.52. The Bertz CT molecular complexity index is 957. The van der Waals surface area contributed by atoms with Crippen LogP contribution in [0.15, 0.2) is 30.3 Å². The van der Waals surface area contributed by atoms with Crippen LogP contribution in [0.3, 0.4) is 0 Å².